The zero-order chi connectivity index (χ0) is 17.7. The average Bonchev–Trinajstić information content (AvgIpc) is 2.64. The van der Waals surface area contributed by atoms with E-state index < -0.39 is 10.0 Å². The highest BCUT2D eigenvalue weighted by atomic mass is 35.5. The third kappa shape index (κ3) is 4.75. The van der Waals surface area contributed by atoms with Crippen molar-refractivity contribution in [1.29, 1.82) is 0 Å². The van der Waals surface area contributed by atoms with Crippen LogP contribution in [0.25, 0.3) is 0 Å². The minimum atomic E-state index is -3.69. The minimum Gasteiger partial charge on any atom is -0.266 e. The van der Waals surface area contributed by atoms with Crippen LogP contribution in [0.2, 0.25) is 5.02 Å². The first kappa shape index (κ1) is 20.2. The smallest absolute Gasteiger partial charge is 0.264 e. The van der Waals surface area contributed by atoms with Crippen molar-refractivity contribution in [2.75, 3.05) is 10.8 Å². The minimum absolute atomic E-state index is 0. The molecule has 136 valence electrons. The summed E-state index contributed by atoms with van der Waals surface area (Å²) in [4.78, 5) is 4.48. The second kappa shape index (κ2) is 9.03. The van der Waals surface area contributed by atoms with Crippen LogP contribution < -0.4 is 4.31 Å². The van der Waals surface area contributed by atoms with Gasteiger partial charge in [-0.25, -0.2) is 8.42 Å². The van der Waals surface area contributed by atoms with Crippen LogP contribution in [0.5, 0.6) is 0 Å². The van der Waals surface area contributed by atoms with Gasteiger partial charge in [0.2, 0.25) is 0 Å². The van der Waals surface area contributed by atoms with E-state index in [9.17, 15) is 8.42 Å². The summed E-state index contributed by atoms with van der Waals surface area (Å²) in [6.07, 6.45) is 2.22. The molecule has 0 saturated heterocycles. The van der Waals surface area contributed by atoms with E-state index in [1.54, 1.807) is 30.5 Å². The zero-order valence-corrected chi connectivity index (χ0v) is 16.2. The van der Waals surface area contributed by atoms with E-state index >= 15 is 0 Å². The van der Waals surface area contributed by atoms with Crippen molar-refractivity contribution in [3.63, 3.8) is 0 Å². The van der Waals surface area contributed by atoms with Crippen LogP contribution in [0.15, 0.2) is 83.9 Å². The Morgan fingerprint density at radius 2 is 1.54 bits per heavy atom. The molecule has 1 heterocycles. The van der Waals surface area contributed by atoms with Crippen LogP contribution in [0.3, 0.4) is 0 Å². The van der Waals surface area contributed by atoms with Crippen molar-refractivity contribution < 1.29 is 8.42 Å². The molecule has 2 aromatic carbocycles. The van der Waals surface area contributed by atoms with Gasteiger partial charge in [0.1, 0.15) is 0 Å². The van der Waals surface area contributed by atoms with Crippen molar-refractivity contribution in [2.45, 2.75) is 11.3 Å². The summed E-state index contributed by atoms with van der Waals surface area (Å²) in [6.45, 7) is 0.298. The molecule has 0 saturated carbocycles. The van der Waals surface area contributed by atoms with Crippen LogP contribution in [-0.2, 0) is 16.4 Å². The van der Waals surface area contributed by atoms with Crippen molar-refractivity contribution in [2.24, 2.45) is 0 Å². The Kier molecular flexibility index (Phi) is 7.03. The fraction of sp³-hybridized carbons (Fsp3) is 0.105. The molecular formula is C19H18Cl2N2O2S. The first-order chi connectivity index (χ1) is 12.1. The van der Waals surface area contributed by atoms with Gasteiger partial charge in [0.05, 0.1) is 10.6 Å². The second-order valence-electron chi connectivity index (χ2n) is 5.44. The molecule has 0 aliphatic carbocycles. The van der Waals surface area contributed by atoms with E-state index in [2.05, 4.69) is 4.98 Å². The monoisotopic (exact) mass is 408 g/mol. The number of para-hydroxylation sites is 1. The molecule has 1 aromatic heterocycles. The molecule has 26 heavy (non-hydrogen) atoms. The number of rotatable bonds is 6. The Morgan fingerprint density at radius 1 is 0.885 bits per heavy atom. The maximum atomic E-state index is 13.1. The van der Waals surface area contributed by atoms with Gasteiger partial charge in [-0.1, -0.05) is 35.9 Å². The molecule has 7 heteroatoms. The molecule has 0 atom stereocenters. The lowest BCUT2D eigenvalue weighted by atomic mass is 10.2. The lowest BCUT2D eigenvalue weighted by Gasteiger charge is -2.24. The van der Waals surface area contributed by atoms with Crippen molar-refractivity contribution in [3.05, 3.63) is 89.7 Å². The Labute approximate surface area is 164 Å². The van der Waals surface area contributed by atoms with Gasteiger partial charge in [0.15, 0.2) is 0 Å². The molecule has 0 amide bonds. The van der Waals surface area contributed by atoms with E-state index in [0.29, 0.717) is 23.7 Å². The number of hydrogen-bond donors (Lipinski definition) is 0. The third-order valence-electron chi connectivity index (χ3n) is 3.74. The molecule has 0 radical (unpaired) electrons. The van der Waals surface area contributed by atoms with Gasteiger partial charge >= 0.3 is 0 Å². The van der Waals surface area contributed by atoms with E-state index in [-0.39, 0.29) is 17.3 Å². The van der Waals surface area contributed by atoms with Gasteiger partial charge in [0, 0.05) is 29.9 Å². The van der Waals surface area contributed by atoms with Gasteiger partial charge in [-0.3, -0.25) is 9.29 Å². The fourth-order valence-electron chi connectivity index (χ4n) is 2.48. The normalized spacial score (nSPS) is 10.8. The van der Waals surface area contributed by atoms with Gasteiger partial charge < -0.3 is 0 Å². The molecule has 0 fully saturated rings. The molecule has 0 bridgehead atoms. The Hall–Kier alpha value is -2.08. The first-order valence-corrected chi connectivity index (χ1v) is 9.62. The lowest BCUT2D eigenvalue weighted by Crippen LogP contribution is -2.33. The first-order valence-electron chi connectivity index (χ1n) is 7.80. The number of aromatic nitrogens is 1. The highest BCUT2D eigenvalue weighted by Gasteiger charge is 2.24. The van der Waals surface area contributed by atoms with Crippen LogP contribution in [0.4, 0.5) is 5.69 Å². The molecule has 0 aliphatic heterocycles. The van der Waals surface area contributed by atoms with Crippen LogP contribution in [-0.4, -0.2) is 19.9 Å². The molecule has 0 unspecified atom stereocenters. The van der Waals surface area contributed by atoms with Crippen LogP contribution in [0, 0.1) is 0 Å². The summed E-state index contributed by atoms with van der Waals surface area (Å²) in [6, 6.07) is 20.9. The number of anilines is 1. The topological polar surface area (TPSA) is 50.3 Å². The molecule has 0 spiro atoms. The Bertz CT molecular complexity index is 919. The lowest BCUT2D eigenvalue weighted by molar-refractivity contribution is 0.590. The van der Waals surface area contributed by atoms with E-state index in [1.807, 2.05) is 36.4 Å². The summed E-state index contributed by atoms with van der Waals surface area (Å²) in [5.74, 6) is 0. The number of hydrogen-bond acceptors (Lipinski definition) is 3. The molecule has 3 rings (SSSR count). The summed E-state index contributed by atoms with van der Waals surface area (Å²) in [7, 11) is -3.69. The molecule has 4 nitrogen and oxygen atoms in total. The molecule has 3 aromatic rings. The van der Waals surface area contributed by atoms with E-state index in [4.69, 9.17) is 11.6 Å². The molecule has 0 N–H and O–H groups in total. The standard InChI is InChI=1S/C19H17ClN2O2S.ClH/c20-16-9-11-19(12-10-16)25(23,24)22(18-7-2-1-3-8-18)15-13-17-6-4-5-14-21-17;/h1-12,14H,13,15H2;1H. The molecular weight excluding hydrogens is 391 g/mol. The van der Waals surface area contributed by atoms with Crippen molar-refractivity contribution in [3.8, 4) is 0 Å². The van der Waals surface area contributed by atoms with Gasteiger partial charge in [0.25, 0.3) is 10.0 Å². The maximum absolute atomic E-state index is 13.1. The number of sulfonamides is 1. The Balaban J connectivity index is 0.00000243. The fourth-order valence-corrected chi connectivity index (χ4v) is 4.07. The predicted octanol–water partition coefficient (Wildman–Crippen LogP) is 4.59. The number of pyridine rings is 1. The summed E-state index contributed by atoms with van der Waals surface area (Å²) >= 11 is 5.88. The highest BCUT2D eigenvalue weighted by molar-refractivity contribution is 7.92. The summed E-state index contributed by atoms with van der Waals surface area (Å²) in [5.41, 5.74) is 1.46. The molecule has 0 aliphatic rings. The third-order valence-corrected chi connectivity index (χ3v) is 5.84. The summed E-state index contributed by atoms with van der Waals surface area (Å²) in [5, 5.41) is 0.499. The highest BCUT2D eigenvalue weighted by Crippen LogP contribution is 2.24. The summed E-state index contributed by atoms with van der Waals surface area (Å²) < 4.78 is 27.7. The number of benzene rings is 2. The largest absolute Gasteiger partial charge is 0.266 e. The van der Waals surface area contributed by atoms with E-state index in [1.165, 1.54) is 16.4 Å². The van der Waals surface area contributed by atoms with Gasteiger partial charge in [-0.05, 0) is 48.5 Å². The Morgan fingerprint density at radius 3 is 2.15 bits per heavy atom. The average molecular weight is 409 g/mol. The van der Waals surface area contributed by atoms with Crippen molar-refractivity contribution in [1.82, 2.24) is 4.98 Å². The number of halogens is 2. The maximum Gasteiger partial charge on any atom is 0.264 e. The zero-order valence-electron chi connectivity index (χ0n) is 13.8. The predicted molar refractivity (Wildman–Crippen MR) is 108 cm³/mol. The van der Waals surface area contributed by atoms with Gasteiger partial charge in [-0.15, -0.1) is 12.4 Å². The number of nitrogens with zero attached hydrogens (tertiary/aromatic N) is 2. The SMILES string of the molecule is Cl.O=S(=O)(c1ccc(Cl)cc1)N(CCc1ccccn1)c1ccccc1. The van der Waals surface area contributed by atoms with Crippen LogP contribution in [0.1, 0.15) is 5.69 Å². The quantitative estimate of drug-likeness (QED) is 0.598. The van der Waals surface area contributed by atoms with E-state index in [0.717, 1.165) is 5.69 Å². The van der Waals surface area contributed by atoms with Gasteiger partial charge in [-0.2, -0.15) is 0 Å². The second-order valence-corrected chi connectivity index (χ2v) is 7.74. The van der Waals surface area contributed by atoms with Crippen LogP contribution >= 0.6 is 24.0 Å². The van der Waals surface area contributed by atoms with Crippen molar-refractivity contribution >= 4 is 39.7 Å².